The number of benzene rings is 3. The van der Waals surface area contributed by atoms with Gasteiger partial charge in [0.2, 0.25) is 0 Å². The second-order valence-corrected chi connectivity index (χ2v) is 8.30. The molecule has 1 aliphatic rings. The van der Waals surface area contributed by atoms with E-state index in [1.165, 1.54) is 36.4 Å². The Hall–Kier alpha value is -4.18. The van der Waals surface area contributed by atoms with Crippen LogP contribution in [0.15, 0.2) is 76.8 Å². The van der Waals surface area contributed by atoms with Gasteiger partial charge in [0.05, 0.1) is 10.6 Å². The zero-order chi connectivity index (χ0) is 24.4. The lowest BCUT2D eigenvalue weighted by atomic mass is 9.97. The lowest BCUT2D eigenvalue weighted by Gasteiger charge is -2.26. The first-order chi connectivity index (χ1) is 16.2. The summed E-state index contributed by atoms with van der Waals surface area (Å²) in [6, 6.07) is 15.3. The first kappa shape index (κ1) is 23.0. The summed E-state index contributed by atoms with van der Waals surface area (Å²) in [5, 5.41) is 13.2. The molecular formula is C24H15BrFN3O5. The summed E-state index contributed by atoms with van der Waals surface area (Å²) in [6.07, 6.45) is 1.67. The van der Waals surface area contributed by atoms with Crippen molar-refractivity contribution < 1.29 is 23.7 Å². The number of amides is 4. The van der Waals surface area contributed by atoms with Crippen LogP contribution < -0.4 is 10.2 Å². The predicted octanol–water partition coefficient (Wildman–Crippen LogP) is 4.75. The topological polar surface area (TPSA) is 110 Å². The normalized spacial score (nSPS) is 14.9. The molecule has 3 aromatic carbocycles. The van der Waals surface area contributed by atoms with E-state index in [0.29, 0.717) is 32.5 Å². The third-order valence-electron chi connectivity index (χ3n) is 5.09. The highest BCUT2D eigenvalue weighted by molar-refractivity contribution is 9.10. The number of anilines is 1. The molecule has 0 atom stereocenters. The molecule has 1 fully saturated rings. The largest absolute Gasteiger partial charge is 0.335 e. The molecule has 0 aromatic heterocycles. The molecule has 1 heterocycles. The van der Waals surface area contributed by atoms with Crippen molar-refractivity contribution >= 4 is 51.2 Å². The molecule has 10 heteroatoms. The van der Waals surface area contributed by atoms with Crippen LogP contribution >= 0.6 is 15.9 Å². The van der Waals surface area contributed by atoms with Crippen molar-refractivity contribution in [2.24, 2.45) is 0 Å². The van der Waals surface area contributed by atoms with Crippen LogP contribution in [0.3, 0.4) is 0 Å². The third kappa shape index (κ3) is 4.76. The SMILES string of the molecule is O=C1NC(=O)N(c2cccc([N+](=O)[O-])c2)C(=O)/C1=C/c1cc(Br)ccc1Cc1cccc(F)c1. The zero-order valence-corrected chi connectivity index (χ0v) is 18.9. The summed E-state index contributed by atoms with van der Waals surface area (Å²) in [4.78, 5) is 49.3. The van der Waals surface area contributed by atoms with E-state index in [4.69, 9.17) is 0 Å². The lowest BCUT2D eigenvalue weighted by molar-refractivity contribution is -0.384. The van der Waals surface area contributed by atoms with Crippen LogP contribution in [0, 0.1) is 15.9 Å². The Morgan fingerprint density at radius 2 is 1.79 bits per heavy atom. The first-order valence-electron chi connectivity index (χ1n) is 9.92. The standard InChI is InChI=1S/C24H15BrFN3O5/c25-17-8-7-15(9-14-3-1-4-18(26)10-14)16(11-17)12-21-22(30)27-24(32)28(23(21)31)19-5-2-6-20(13-19)29(33)34/h1-8,10-13H,9H2,(H,27,30,32)/b21-12+. The van der Waals surface area contributed by atoms with Gasteiger partial charge in [0.15, 0.2) is 0 Å². The minimum Gasteiger partial charge on any atom is -0.273 e. The van der Waals surface area contributed by atoms with Gasteiger partial charge in [-0.2, -0.15) is 0 Å². The number of rotatable bonds is 5. The Morgan fingerprint density at radius 3 is 2.53 bits per heavy atom. The quantitative estimate of drug-likeness (QED) is 0.224. The van der Waals surface area contributed by atoms with E-state index in [1.807, 2.05) is 0 Å². The van der Waals surface area contributed by atoms with Crippen molar-refractivity contribution in [1.82, 2.24) is 5.32 Å². The number of nitrogens with one attached hydrogen (secondary N) is 1. The molecule has 0 unspecified atom stereocenters. The number of barbiturate groups is 1. The molecule has 1 saturated heterocycles. The van der Waals surface area contributed by atoms with Gasteiger partial charge < -0.3 is 0 Å². The Kier molecular flexibility index (Phi) is 6.33. The van der Waals surface area contributed by atoms with Crippen LogP contribution in [-0.2, 0) is 16.0 Å². The Labute approximate surface area is 201 Å². The molecule has 3 aromatic rings. The van der Waals surface area contributed by atoms with Gasteiger partial charge in [-0.25, -0.2) is 14.1 Å². The summed E-state index contributed by atoms with van der Waals surface area (Å²) in [6.45, 7) is 0. The minimum atomic E-state index is -1.01. The smallest absolute Gasteiger partial charge is 0.273 e. The first-order valence-corrected chi connectivity index (χ1v) is 10.7. The summed E-state index contributed by atoms with van der Waals surface area (Å²) in [5.74, 6) is -2.21. The van der Waals surface area contributed by atoms with Gasteiger partial charge in [0.25, 0.3) is 17.5 Å². The van der Waals surface area contributed by atoms with E-state index in [0.717, 1.165) is 6.07 Å². The highest BCUT2D eigenvalue weighted by atomic mass is 79.9. The van der Waals surface area contributed by atoms with Gasteiger partial charge >= 0.3 is 6.03 Å². The number of halogens is 2. The maximum absolute atomic E-state index is 13.6. The van der Waals surface area contributed by atoms with Crippen LogP contribution in [0.5, 0.6) is 0 Å². The lowest BCUT2D eigenvalue weighted by Crippen LogP contribution is -2.54. The summed E-state index contributed by atoms with van der Waals surface area (Å²) >= 11 is 3.36. The zero-order valence-electron chi connectivity index (χ0n) is 17.3. The number of nitro groups is 1. The van der Waals surface area contributed by atoms with E-state index in [1.54, 1.807) is 30.3 Å². The van der Waals surface area contributed by atoms with Crippen molar-refractivity contribution in [2.75, 3.05) is 4.90 Å². The van der Waals surface area contributed by atoms with E-state index in [-0.39, 0.29) is 22.8 Å². The van der Waals surface area contributed by atoms with Crippen LogP contribution in [0.1, 0.15) is 16.7 Å². The molecule has 0 saturated carbocycles. The van der Waals surface area contributed by atoms with E-state index >= 15 is 0 Å². The second-order valence-electron chi connectivity index (χ2n) is 7.38. The predicted molar refractivity (Wildman–Crippen MR) is 125 cm³/mol. The van der Waals surface area contributed by atoms with Crippen LogP contribution in [0.4, 0.5) is 20.6 Å². The van der Waals surface area contributed by atoms with Crippen molar-refractivity contribution in [3.63, 3.8) is 0 Å². The number of imide groups is 2. The summed E-state index contributed by atoms with van der Waals surface area (Å²) in [5.41, 5.74) is 1.21. The number of carbonyl (C=O) groups is 3. The molecule has 0 bridgehead atoms. The third-order valence-corrected chi connectivity index (χ3v) is 5.59. The maximum Gasteiger partial charge on any atom is 0.335 e. The molecular weight excluding hydrogens is 509 g/mol. The number of non-ortho nitro benzene ring substituents is 1. The van der Waals surface area contributed by atoms with Gasteiger partial charge in [0.1, 0.15) is 11.4 Å². The molecule has 0 radical (unpaired) electrons. The molecule has 8 nitrogen and oxygen atoms in total. The highest BCUT2D eigenvalue weighted by Gasteiger charge is 2.37. The molecule has 0 spiro atoms. The van der Waals surface area contributed by atoms with Gasteiger partial charge in [-0.3, -0.25) is 25.0 Å². The fourth-order valence-corrected chi connectivity index (χ4v) is 3.90. The maximum atomic E-state index is 13.6. The number of urea groups is 1. The molecule has 34 heavy (non-hydrogen) atoms. The number of nitrogens with zero attached hydrogens (tertiary/aromatic N) is 2. The van der Waals surface area contributed by atoms with Crippen molar-refractivity contribution in [1.29, 1.82) is 0 Å². The minimum absolute atomic E-state index is 0.0515. The fourth-order valence-electron chi connectivity index (χ4n) is 3.52. The molecule has 4 rings (SSSR count). The van der Waals surface area contributed by atoms with Gasteiger partial charge in [-0.15, -0.1) is 0 Å². The molecule has 1 N–H and O–H groups in total. The Balaban J connectivity index is 1.75. The van der Waals surface area contributed by atoms with Crippen LogP contribution in [0.25, 0.3) is 6.08 Å². The average molecular weight is 524 g/mol. The molecule has 0 aliphatic carbocycles. The van der Waals surface area contributed by atoms with Gasteiger partial charge in [-0.1, -0.05) is 40.2 Å². The van der Waals surface area contributed by atoms with Crippen LogP contribution in [0.2, 0.25) is 0 Å². The number of hydrogen-bond donors (Lipinski definition) is 1. The van der Waals surface area contributed by atoms with Crippen molar-refractivity contribution in [3.8, 4) is 0 Å². The highest BCUT2D eigenvalue weighted by Crippen LogP contribution is 2.27. The van der Waals surface area contributed by atoms with Gasteiger partial charge in [-0.05, 0) is 59.5 Å². The van der Waals surface area contributed by atoms with E-state index in [2.05, 4.69) is 21.2 Å². The monoisotopic (exact) mass is 523 g/mol. The summed E-state index contributed by atoms with van der Waals surface area (Å²) in [7, 11) is 0. The van der Waals surface area contributed by atoms with Gasteiger partial charge in [0, 0.05) is 16.6 Å². The molecule has 170 valence electrons. The number of nitro benzene ring substituents is 1. The van der Waals surface area contributed by atoms with Crippen LogP contribution in [-0.4, -0.2) is 22.8 Å². The Bertz CT molecular complexity index is 1390. The number of carbonyl (C=O) groups excluding carboxylic acids is 3. The average Bonchev–Trinajstić information content (AvgIpc) is 2.78. The number of hydrogen-bond acceptors (Lipinski definition) is 5. The van der Waals surface area contributed by atoms with Crippen molar-refractivity contribution in [3.05, 3.63) is 109 Å². The van der Waals surface area contributed by atoms with E-state index in [9.17, 15) is 28.9 Å². The van der Waals surface area contributed by atoms with Crippen molar-refractivity contribution in [2.45, 2.75) is 6.42 Å². The summed E-state index contributed by atoms with van der Waals surface area (Å²) < 4.78 is 14.3. The Morgan fingerprint density at radius 1 is 1.03 bits per heavy atom. The fraction of sp³-hybridized carbons (Fsp3) is 0.0417. The molecule has 1 aliphatic heterocycles. The second kappa shape index (κ2) is 9.36. The molecule has 4 amide bonds. The van der Waals surface area contributed by atoms with E-state index < -0.39 is 22.8 Å².